The van der Waals surface area contributed by atoms with Gasteiger partial charge in [0.2, 0.25) is 0 Å². The Balaban J connectivity index is 2.86. The van der Waals surface area contributed by atoms with E-state index in [1.165, 1.54) is 5.56 Å². The molecule has 0 fully saturated rings. The minimum absolute atomic E-state index is 0.00605. The number of pyridine rings is 1. The van der Waals surface area contributed by atoms with Crippen molar-refractivity contribution >= 4 is 16.6 Å². The molecule has 2 aromatic rings. The Hall–Kier alpha value is -1.61. The Bertz CT molecular complexity index is 535. The predicted octanol–water partition coefficient (Wildman–Crippen LogP) is 2.39. The summed E-state index contributed by atoms with van der Waals surface area (Å²) in [5.41, 5.74) is 5.17. The molecule has 1 heterocycles. The normalized spacial score (nSPS) is 10.8. The standard InChI is InChI=1S/C13H16N2O/c1-8-4-9(2)12-11(5-8)13(14-3)10(7-16)6-15-12/h4-6,16H,7H2,1-3H3,(H,14,15). The summed E-state index contributed by atoms with van der Waals surface area (Å²) in [5.74, 6) is 0. The number of hydrogen-bond acceptors (Lipinski definition) is 3. The van der Waals surface area contributed by atoms with E-state index < -0.39 is 0 Å². The van der Waals surface area contributed by atoms with Crippen molar-refractivity contribution in [2.75, 3.05) is 12.4 Å². The van der Waals surface area contributed by atoms with Gasteiger partial charge in [0.15, 0.2) is 0 Å². The molecule has 1 aromatic heterocycles. The molecule has 0 amide bonds. The second-order valence-corrected chi connectivity index (χ2v) is 4.04. The van der Waals surface area contributed by atoms with E-state index in [2.05, 4.69) is 36.3 Å². The SMILES string of the molecule is CNc1c(CO)cnc2c(C)cc(C)cc12. The summed E-state index contributed by atoms with van der Waals surface area (Å²) in [7, 11) is 1.87. The van der Waals surface area contributed by atoms with E-state index in [1.807, 2.05) is 7.05 Å². The number of aliphatic hydroxyl groups is 1. The van der Waals surface area contributed by atoms with Gasteiger partial charge in [-0.2, -0.15) is 0 Å². The first kappa shape index (κ1) is 10.9. The van der Waals surface area contributed by atoms with Gasteiger partial charge in [-0.05, 0) is 25.5 Å². The quantitative estimate of drug-likeness (QED) is 0.810. The molecule has 0 aliphatic heterocycles. The van der Waals surface area contributed by atoms with Crippen molar-refractivity contribution in [3.63, 3.8) is 0 Å². The maximum atomic E-state index is 9.27. The Labute approximate surface area is 95.1 Å². The average Bonchev–Trinajstić information content (AvgIpc) is 2.27. The minimum atomic E-state index is 0.00605. The van der Waals surface area contributed by atoms with Crippen molar-refractivity contribution < 1.29 is 5.11 Å². The van der Waals surface area contributed by atoms with Gasteiger partial charge < -0.3 is 10.4 Å². The van der Waals surface area contributed by atoms with Crippen LogP contribution < -0.4 is 5.32 Å². The maximum Gasteiger partial charge on any atom is 0.0752 e. The molecule has 0 aliphatic carbocycles. The zero-order chi connectivity index (χ0) is 11.7. The van der Waals surface area contributed by atoms with Gasteiger partial charge in [0, 0.05) is 24.2 Å². The molecular weight excluding hydrogens is 200 g/mol. The van der Waals surface area contributed by atoms with Crippen LogP contribution in [0.4, 0.5) is 5.69 Å². The van der Waals surface area contributed by atoms with E-state index in [0.29, 0.717) is 0 Å². The number of aliphatic hydroxyl groups excluding tert-OH is 1. The summed E-state index contributed by atoms with van der Waals surface area (Å²) in [5, 5.41) is 13.5. The molecule has 1 aromatic carbocycles. The van der Waals surface area contributed by atoms with Crippen LogP contribution in [-0.4, -0.2) is 17.1 Å². The third kappa shape index (κ3) is 1.63. The number of rotatable bonds is 2. The zero-order valence-electron chi connectivity index (χ0n) is 9.83. The molecule has 0 spiro atoms. The van der Waals surface area contributed by atoms with E-state index in [0.717, 1.165) is 27.7 Å². The van der Waals surface area contributed by atoms with E-state index in [9.17, 15) is 5.11 Å². The fraction of sp³-hybridized carbons (Fsp3) is 0.308. The maximum absolute atomic E-state index is 9.27. The summed E-state index contributed by atoms with van der Waals surface area (Å²) < 4.78 is 0. The van der Waals surface area contributed by atoms with Crippen LogP contribution in [-0.2, 0) is 6.61 Å². The average molecular weight is 216 g/mol. The number of benzene rings is 1. The molecule has 3 heteroatoms. The Kier molecular flexibility index (Phi) is 2.79. The van der Waals surface area contributed by atoms with E-state index in [1.54, 1.807) is 6.20 Å². The predicted molar refractivity (Wildman–Crippen MR) is 66.7 cm³/mol. The third-order valence-electron chi connectivity index (χ3n) is 2.81. The van der Waals surface area contributed by atoms with E-state index in [4.69, 9.17) is 0 Å². The number of anilines is 1. The van der Waals surface area contributed by atoms with E-state index >= 15 is 0 Å². The van der Waals surface area contributed by atoms with Crippen molar-refractivity contribution in [3.05, 3.63) is 35.0 Å². The number of fused-ring (bicyclic) bond motifs is 1. The van der Waals surface area contributed by atoms with Crippen LogP contribution >= 0.6 is 0 Å². The largest absolute Gasteiger partial charge is 0.392 e. The molecule has 84 valence electrons. The highest BCUT2D eigenvalue weighted by atomic mass is 16.3. The van der Waals surface area contributed by atoms with Crippen LogP contribution in [0.25, 0.3) is 10.9 Å². The zero-order valence-corrected chi connectivity index (χ0v) is 9.83. The number of aromatic nitrogens is 1. The molecule has 0 atom stereocenters. The Morgan fingerprint density at radius 3 is 2.69 bits per heavy atom. The second kappa shape index (κ2) is 4.10. The van der Waals surface area contributed by atoms with Gasteiger partial charge in [-0.1, -0.05) is 11.6 Å². The van der Waals surface area contributed by atoms with Crippen molar-refractivity contribution in [1.82, 2.24) is 4.98 Å². The minimum Gasteiger partial charge on any atom is -0.392 e. The summed E-state index contributed by atoms with van der Waals surface area (Å²) in [6.07, 6.45) is 1.73. The first-order chi connectivity index (χ1) is 7.67. The molecule has 2 N–H and O–H groups in total. The lowest BCUT2D eigenvalue weighted by Gasteiger charge is -2.12. The third-order valence-corrected chi connectivity index (χ3v) is 2.81. The van der Waals surface area contributed by atoms with Crippen LogP contribution in [0.15, 0.2) is 18.3 Å². The number of aryl methyl sites for hydroxylation is 2. The van der Waals surface area contributed by atoms with Crippen LogP contribution in [0.2, 0.25) is 0 Å². The Morgan fingerprint density at radius 2 is 2.06 bits per heavy atom. The molecular formula is C13H16N2O. The fourth-order valence-corrected chi connectivity index (χ4v) is 2.12. The van der Waals surface area contributed by atoms with Gasteiger partial charge in [-0.3, -0.25) is 4.98 Å². The van der Waals surface area contributed by atoms with Gasteiger partial charge in [0.25, 0.3) is 0 Å². The smallest absolute Gasteiger partial charge is 0.0752 e. The highest BCUT2D eigenvalue weighted by Gasteiger charge is 2.08. The lowest BCUT2D eigenvalue weighted by molar-refractivity contribution is 0.282. The van der Waals surface area contributed by atoms with Crippen LogP contribution in [0.3, 0.4) is 0 Å². The summed E-state index contributed by atoms with van der Waals surface area (Å²) in [4.78, 5) is 4.40. The van der Waals surface area contributed by atoms with Gasteiger partial charge >= 0.3 is 0 Å². The molecule has 0 aliphatic rings. The topological polar surface area (TPSA) is 45.1 Å². The molecule has 0 radical (unpaired) electrons. The van der Waals surface area contributed by atoms with Gasteiger partial charge in [0.05, 0.1) is 17.8 Å². The van der Waals surface area contributed by atoms with Crippen LogP contribution in [0, 0.1) is 13.8 Å². The van der Waals surface area contributed by atoms with Crippen molar-refractivity contribution in [3.8, 4) is 0 Å². The summed E-state index contributed by atoms with van der Waals surface area (Å²) in [6, 6.07) is 4.22. The first-order valence-corrected chi connectivity index (χ1v) is 5.34. The molecule has 0 saturated carbocycles. The highest BCUT2D eigenvalue weighted by molar-refractivity contribution is 5.94. The molecule has 2 rings (SSSR count). The number of nitrogens with one attached hydrogen (secondary N) is 1. The molecule has 16 heavy (non-hydrogen) atoms. The second-order valence-electron chi connectivity index (χ2n) is 4.04. The van der Waals surface area contributed by atoms with Gasteiger partial charge in [-0.25, -0.2) is 0 Å². The highest BCUT2D eigenvalue weighted by Crippen LogP contribution is 2.28. The van der Waals surface area contributed by atoms with Crippen LogP contribution in [0.1, 0.15) is 16.7 Å². The van der Waals surface area contributed by atoms with Gasteiger partial charge in [-0.15, -0.1) is 0 Å². The summed E-state index contributed by atoms with van der Waals surface area (Å²) in [6.45, 7) is 4.13. The monoisotopic (exact) mass is 216 g/mol. The molecule has 3 nitrogen and oxygen atoms in total. The van der Waals surface area contributed by atoms with Crippen molar-refractivity contribution in [1.29, 1.82) is 0 Å². The summed E-state index contributed by atoms with van der Waals surface area (Å²) >= 11 is 0. The van der Waals surface area contributed by atoms with E-state index in [-0.39, 0.29) is 6.61 Å². The lowest BCUT2D eigenvalue weighted by atomic mass is 10.0. The molecule has 0 unspecified atom stereocenters. The number of nitrogens with zero attached hydrogens (tertiary/aromatic N) is 1. The molecule has 0 bridgehead atoms. The molecule has 0 saturated heterocycles. The van der Waals surface area contributed by atoms with Crippen LogP contribution in [0.5, 0.6) is 0 Å². The van der Waals surface area contributed by atoms with Gasteiger partial charge in [0.1, 0.15) is 0 Å². The van der Waals surface area contributed by atoms with Crippen molar-refractivity contribution in [2.24, 2.45) is 0 Å². The van der Waals surface area contributed by atoms with Crippen molar-refractivity contribution in [2.45, 2.75) is 20.5 Å². The lowest BCUT2D eigenvalue weighted by Crippen LogP contribution is -1.99. The Morgan fingerprint density at radius 1 is 1.31 bits per heavy atom. The first-order valence-electron chi connectivity index (χ1n) is 5.34. The number of hydrogen-bond donors (Lipinski definition) is 2. The fourth-order valence-electron chi connectivity index (χ4n) is 2.12.